The molecule has 1 aromatic rings. The highest BCUT2D eigenvalue weighted by Gasteiger charge is 2.21. The van der Waals surface area contributed by atoms with Gasteiger partial charge in [0.25, 0.3) is 0 Å². The Hall–Kier alpha value is -1.09. The largest absolute Gasteiger partial charge is 0.485 e. The van der Waals surface area contributed by atoms with Crippen LogP contribution in [0.25, 0.3) is 0 Å². The zero-order chi connectivity index (χ0) is 10.8. The van der Waals surface area contributed by atoms with E-state index in [1.807, 2.05) is 13.8 Å². The summed E-state index contributed by atoms with van der Waals surface area (Å²) in [7, 11) is 0. The summed E-state index contributed by atoms with van der Waals surface area (Å²) < 4.78 is 23.8. The first-order chi connectivity index (χ1) is 7.16. The summed E-state index contributed by atoms with van der Waals surface area (Å²) in [6, 6.07) is 4.67. The van der Waals surface area contributed by atoms with Gasteiger partial charge in [-0.25, -0.2) is 4.39 Å². The van der Waals surface area contributed by atoms with Gasteiger partial charge < -0.3 is 9.47 Å². The van der Waals surface area contributed by atoms with Crippen LogP contribution in [-0.4, -0.2) is 19.3 Å². The van der Waals surface area contributed by atoms with Gasteiger partial charge in [-0.05, 0) is 29.7 Å². The van der Waals surface area contributed by atoms with Crippen molar-refractivity contribution >= 4 is 0 Å². The molecule has 0 bridgehead atoms. The van der Waals surface area contributed by atoms with Crippen LogP contribution in [0.1, 0.15) is 25.3 Å². The van der Waals surface area contributed by atoms with E-state index in [1.54, 1.807) is 12.1 Å². The molecule has 0 aromatic heterocycles. The summed E-state index contributed by atoms with van der Waals surface area (Å²) in [5.74, 6) is 0.826. The van der Waals surface area contributed by atoms with E-state index in [4.69, 9.17) is 9.47 Å². The third kappa shape index (κ3) is 2.29. The Bertz CT molecular complexity index is 345. The molecule has 1 fully saturated rings. The quantitative estimate of drug-likeness (QED) is 0.763. The van der Waals surface area contributed by atoms with Gasteiger partial charge in [-0.3, -0.25) is 0 Å². The van der Waals surface area contributed by atoms with Gasteiger partial charge in [-0.2, -0.15) is 0 Å². The first kappa shape index (κ1) is 10.4. The van der Waals surface area contributed by atoms with Crippen molar-refractivity contribution in [1.82, 2.24) is 0 Å². The molecule has 15 heavy (non-hydrogen) atoms. The van der Waals surface area contributed by atoms with E-state index in [1.165, 1.54) is 6.07 Å². The third-order valence-corrected chi connectivity index (χ3v) is 2.49. The number of rotatable bonds is 3. The lowest BCUT2D eigenvalue weighted by atomic mass is 10.0. The fraction of sp³-hybridized carbons (Fsp3) is 0.500. The number of hydrogen-bond donors (Lipinski definition) is 0. The van der Waals surface area contributed by atoms with Crippen LogP contribution in [0.4, 0.5) is 4.39 Å². The molecule has 1 saturated heterocycles. The molecule has 1 aromatic carbocycles. The van der Waals surface area contributed by atoms with Crippen LogP contribution in [0.2, 0.25) is 0 Å². The Balaban J connectivity index is 2.20. The average Bonchev–Trinajstić information content (AvgIpc) is 2.12. The molecule has 0 unspecified atom stereocenters. The van der Waals surface area contributed by atoms with Crippen molar-refractivity contribution in [2.24, 2.45) is 0 Å². The van der Waals surface area contributed by atoms with Crippen LogP contribution in [-0.2, 0) is 4.74 Å². The Kier molecular flexibility index (Phi) is 2.91. The molecule has 1 aliphatic heterocycles. The first-order valence-electron chi connectivity index (χ1n) is 5.20. The molecule has 1 heterocycles. The summed E-state index contributed by atoms with van der Waals surface area (Å²) in [4.78, 5) is 0. The molecule has 0 N–H and O–H groups in total. The van der Waals surface area contributed by atoms with E-state index in [0.717, 1.165) is 11.3 Å². The average molecular weight is 210 g/mol. The smallest absolute Gasteiger partial charge is 0.145 e. The number of ether oxygens (including phenoxy) is 2. The highest BCUT2D eigenvalue weighted by molar-refractivity contribution is 5.36. The standard InChI is InChI=1S/C12H15FO2/c1-8(2)11-5-9(13)3-4-12(11)15-10-6-14-7-10/h3-5,8,10H,6-7H2,1-2H3. The van der Waals surface area contributed by atoms with Crippen molar-refractivity contribution in [1.29, 1.82) is 0 Å². The van der Waals surface area contributed by atoms with E-state index in [0.29, 0.717) is 13.2 Å². The van der Waals surface area contributed by atoms with Crippen LogP contribution in [0.5, 0.6) is 5.75 Å². The van der Waals surface area contributed by atoms with Crippen molar-refractivity contribution in [3.05, 3.63) is 29.6 Å². The second-order valence-corrected chi connectivity index (χ2v) is 4.11. The number of halogens is 1. The maximum atomic E-state index is 13.1. The van der Waals surface area contributed by atoms with Crippen molar-refractivity contribution in [2.75, 3.05) is 13.2 Å². The van der Waals surface area contributed by atoms with Gasteiger partial charge in [0, 0.05) is 0 Å². The monoisotopic (exact) mass is 210 g/mol. The van der Waals surface area contributed by atoms with Gasteiger partial charge in [-0.15, -0.1) is 0 Å². The van der Waals surface area contributed by atoms with Gasteiger partial charge in [-0.1, -0.05) is 13.8 Å². The molecule has 0 aliphatic carbocycles. The minimum atomic E-state index is -0.212. The molecule has 0 atom stereocenters. The summed E-state index contributed by atoms with van der Waals surface area (Å²) in [5, 5.41) is 0. The topological polar surface area (TPSA) is 18.5 Å². The van der Waals surface area contributed by atoms with E-state index >= 15 is 0 Å². The van der Waals surface area contributed by atoms with Gasteiger partial charge in [0.15, 0.2) is 0 Å². The van der Waals surface area contributed by atoms with Gasteiger partial charge in [0.05, 0.1) is 13.2 Å². The van der Waals surface area contributed by atoms with E-state index < -0.39 is 0 Å². The molecule has 2 rings (SSSR count). The molecule has 0 spiro atoms. The Morgan fingerprint density at radius 2 is 2.13 bits per heavy atom. The van der Waals surface area contributed by atoms with Gasteiger partial charge in [0.1, 0.15) is 17.7 Å². The molecule has 0 saturated carbocycles. The van der Waals surface area contributed by atoms with Crippen LogP contribution in [0.15, 0.2) is 18.2 Å². The van der Waals surface area contributed by atoms with E-state index in [2.05, 4.69) is 0 Å². The van der Waals surface area contributed by atoms with Gasteiger partial charge in [0.2, 0.25) is 0 Å². The maximum Gasteiger partial charge on any atom is 0.145 e. The van der Waals surface area contributed by atoms with Crippen LogP contribution in [0, 0.1) is 5.82 Å². The van der Waals surface area contributed by atoms with Crippen LogP contribution in [0.3, 0.4) is 0 Å². The second-order valence-electron chi connectivity index (χ2n) is 4.11. The predicted octanol–water partition coefficient (Wildman–Crippen LogP) is 2.73. The lowest BCUT2D eigenvalue weighted by Gasteiger charge is -2.28. The molecule has 0 radical (unpaired) electrons. The lowest BCUT2D eigenvalue weighted by molar-refractivity contribution is -0.0800. The molecule has 0 amide bonds. The Labute approximate surface area is 89.0 Å². The van der Waals surface area contributed by atoms with Crippen LogP contribution >= 0.6 is 0 Å². The third-order valence-electron chi connectivity index (χ3n) is 2.49. The fourth-order valence-corrected chi connectivity index (χ4v) is 1.54. The lowest BCUT2D eigenvalue weighted by Crippen LogP contribution is -2.38. The zero-order valence-electron chi connectivity index (χ0n) is 9.00. The normalized spacial score (nSPS) is 16.5. The Morgan fingerprint density at radius 1 is 1.40 bits per heavy atom. The molecule has 3 heteroatoms. The second kappa shape index (κ2) is 4.19. The minimum Gasteiger partial charge on any atom is -0.485 e. The minimum absolute atomic E-state index is 0.132. The van der Waals surface area contributed by atoms with Crippen molar-refractivity contribution in [2.45, 2.75) is 25.9 Å². The predicted molar refractivity (Wildman–Crippen MR) is 55.7 cm³/mol. The molecule has 1 aliphatic rings. The molecular formula is C12H15FO2. The molecule has 82 valence electrons. The van der Waals surface area contributed by atoms with Crippen molar-refractivity contribution < 1.29 is 13.9 Å². The zero-order valence-corrected chi connectivity index (χ0v) is 9.00. The molecular weight excluding hydrogens is 195 g/mol. The van der Waals surface area contributed by atoms with Gasteiger partial charge >= 0.3 is 0 Å². The Morgan fingerprint density at radius 3 is 2.67 bits per heavy atom. The summed E-state index contributed by atoms with van der Waals surface area (Å²) in [5.41, 5.74) is 0.918. The highest BCUT2D eigenvalue weighted by atomic mass is 19.1. The maximum absolute atomic E-state index is 13.1. The first-order valence-corrected chi connectivity index (χ1v) is 5.20. The van der Waals surface area contributed by atoms with Crippen molar-refractivity contribution in [3.8, 4) is 5.75 Å². The summed E-state index contributed by atoms with van der Waals surface area (Å²) in [6.07, 6.45) is 0.132. The fourth-order valence-electron chi connectivity index (χ4n) is 1.54. The van der Waals surface area contributed by atoms with E-state index in [-0.39, 0.29) is 17.8 Å². The summed E-state index contributed by atoms with van der Waals surface area (Å²) in [6.45, 7) is 5.32. The van der Waals surface area contributed by atoms with E-state index in [9.17, 15) is 4.39 Å². The highest BCUT2D eigenvalue weighted by Crippen LogP contribution is 2.28. The number of hydrogen-bond acceptors (Lipinski definition) is 2. The molecule has 2 nitrogen and oxygen atoms in total. The summed E-state index contributed by atoms with van der Waals surface area (Å²) >= 11 is 0. The number of benzene rings is 1. The van der Waals surface area contributed by atoms with Crippen molar-refractivity contribution in [3.63, 3.8) is 0 Å². The SMILES string of the molecule is CC(C)c1cc(F)ccc1OC1COC1. The van der Waals surface area contributed by atoms with Crippen LogP contribution < -0.4 is 4.74 Å².